The maximum Gasteiger partial charge on any atom is 0.248 e. The Labute approximate surface area is 133 Å². The van der Waals surface area contributed by atoms with Crippen LogP contribution in [0.1, 0.15) is 15.9 Å². The number of nitrogens with one attached hydrogen (secondary N) is 2. The van der Waals surface area contributed by atoms with Crippen molar-refractivity contribution in [2.24, 2.45) is 5.73 Å². The molecule has 6 heteroatoms. The van der Waals surface area contributed by atoms with Gasteiger partial charge in [-0.2, -0.15) is 5.26 Å². The van der Waals surface area contributed by atoms with Crippen LogP contribution in [0.3, 0.4) is 0 Å². The van der Waals surface area contributed by atoms with Gasteiger partial charge < -0.3 is 16.4 Å². The Hall–Kier alpha value is -3.33. The number of carbonyl (C=O) groups excluding carboxylic acids is 2. The third-order valence-electron chi connectivity index (χ3n) is 3.14. The van der Waals surface area contributed by atoms with E-state index >= 15 is 0 Å². The minimum atomic E-state index is -0.492. The Balaban J connectivity index is 1.85. The van der Waals surface area contributed by atoms with E-state index in [4.69, 9.17) is 11.0 Å². The lowest BCUT2D eigenvalue weighted by atomic mass is 10.1. The van der Waals surface area contributed by atoms with Gasteiger partial charge in [0.1, 0.15) is 0 Å². The van der Waals surface area contributed by atoms with Crippen molar-refractivity contribution < 1.29 is 9.59 Å². The number of rotatable bonds is 6. The summed E-state index contributed by atoms with van der Waals surface area (Å²) < 4.78 is 0. The number of benzene rings is 2. The molecular weight excluding hydrogens is 292 g/mol. The second-order valence-corrected chi connectivity index (χ2v) is 4.88. The first-order valence-electron chi connectivity index (χ1n) is 6.98. The molecule has 0 saturated carbocycles. The number of amides is 2. The summed E-state index contributed by atoms with van der Waals surface area (Å²) in [5, 5.41) is 14.3. The summed E-state index contributed by atoms with van der Waals surface area (Å²) in [6.45, 7) is 0.0931. The van der Waals surface area contributed by atoms with Gasteiger partial charge in [-0.15, -0.1) is 0 Å². The van der Waals surface area contributed by atoms with E-state index in [9.17, 15) is 9.59 Å². The minimum absolute atomic E-state index is 0.0931. The van der Waals surface area contributed by atoms with Gasteiger partial charge in [0.25, 0.3) is 0 Å². The van der Waals surface area contributed by atoms with Crippen molar-refractivity contribution in [2.75, 3.05) is 17.2 Å². The molecule has 0 aliphatic carbocycles. The molecule has 0 aromatic heterocycles. The summed E-state index contributed by atoms with van der Waals surface area (Å²) in [7, 11) is 0. The monoisotopic (exact) mass is 308 g/mol. The zero-order valence-electron chi connectivity index (χ0n) is 12.4. The molecular formula is C17H16N4O2. The quantitative estimate of drug-likeness (QED) is 0.757. The van der Waals surface area contributed by atoms with Crippen molar-refractivity contribution in [1.29, 1.82) is 5.26 Å². The molecule has 0 unspecified atom stereocenters. The van der Waals surface area contributed by atoms with E-state index in [0.29, 0.717) is 17.7 Å². The van der Waals surface area contributed by atoms with Gasteiger partial charge >= 0.3 is 0 Å². The molecule has 0 radical (unpaired) electrons. The van der Waals surface area contributed by atoms with Crippen LogP contribution in [0, 0.1) is 11.3 Å². The van der Waals surface area contributed by atoms with Crippen molar-refractivity contribution in [3.8, 4) is 6.07 Å². The van der Waals surface area contributed by atoms with Crippen molar-refractivity contribution >= 4 is 23.2 Å². The van der Waals surface area contributed by atoms with Gasteiger partial charge in [-0.25, -0.2) is 0 Å². The van der Waals surface area contributed by atoms with Crippen LogP contribution >= 0.6 is 0 Å². The third kappa shape index (κ3) is 4.86. The van der Waals surface area contributed by atoms with E-state index in [1.165, 1.54) is 0 Å². The summed E-state index contributed by atoms with van der Waals surface area (Å²) in [6, 6.07) is 15.7. The molecule has 2 aromatic rings. The molecule has 0 atom stereocenters. The number of carbonyl (C=O) groups is 2. The van der Waals surface area contributed by atoms with E-state index < -0.39 is 5.91 Å². The first-order valence-corrected chi connectivity index (χ1v) is 6.98. The van der Waals surface area contributed by atoms with Crippen LogP contribution in [0.5, 0.6) is 0 Å². The van der Waals surface area contributed by atoms with Crippen LogP contribution in [0.15, 0.2) is 48.5 Å². The smallest absolute Gasteiger partial charge is 0.248 e. The Morgan fingerprint density at radius 2 is 1.61 bits per heavy atom. The second kappa shape index (κ2) is 7.61. The lowest BCUT2D eigenvalue weighted by Gasteiger charge is -2.08. The molecule has 0 aliphatic rings. The van der Waals surface area contributed by atoms with Gasteiger partial charge in [0.15, 0.2) is 0 Å². The maximum absolute atomic E-state index is 11.9. The fraction of sp³-hybridized carbons (Fsp3) is 0.118. The standard InChI is InChI=1S/C17H16N4O2/c18-10-9-12-1-5-15(6-2-12)21-16(22)11-20-14-7-3-13(4-8-14)17(19)23/h1-8,20H,9,11H2,(H2,19,23)(H,21,22). The minimum Gasteiger partial charge on any atom is -0.376 e. The molecule has 0 bridgehead atoms. The molecule has 2 rings (SSSR count). The summed E-state index contributed by atoms with van der Waals surface area (Å²) in [5.74, 6) is -0.689. The van der Waals surface area contributed by atoms with Gasteiger partial charge in [0.05, 0.1) is 19.0 Å². The fourth-order valence-corrected chi connectivity index (χ4v) is 1.94. The lowest BCUT2D eigenvalue weighted by molar-refractivity contribution is -0.114. The average molecular weight is 308 g/mol. The average Bonchev–Trinajstić information content (AvgIpc) is 2.55. The highest BCUT2D eigenvalue weighted by Crippen LogP contribution is 2.11. The van der Waals surface area contributed by atoms with E-state index in [1.807, 2.05) is 0 Å². The number of nitrogens with zero attached hydrogens (tertiary/aromatic N) is 1. The lowest BCUT2D eigenvalue weighted by Crippen LogP contribution is -2.21. The Morgan fingerprint density at radius 1 is 1.00 bits per heavy atom. The maximum atomic E-state index is 11.9. The fourth-order valence-electron chi connectivity index (χ4n) is 1.94. The summed E-state index contributed by atoms with van der Waals surface area (Å²) in [5.41, 5.74) is 7.86. The van der Waals surface area contributed by atoms with Crippen LogP contribution in [0.25, 0.3) is 0 Å². The van der Waals surface area contributed by atoms with Crippen LogP contribution in [-0.2, 0) is 11.2 Å². The normalized spacial score (nSPS) is 9.70. The zero-order valence-corrected chi connectivity index (χ0v) is 12.4. The predicted octanol–water partition coefficient (Wildman–Crippen LogP) is 1.90. The SMILES string of the molecule is N#CCc1ccc(NC(=O)CNc2ccc(C(N)=O)cc2)cc1. The molecule has 0 spiro atoms. The molecule has 0 heterocycles. The largest absolute Gasteiger partial charge is 0.376 e. The molecule has 116 valence electrons. The van der Waals surface area contributed by atoms with Gasteiger partial charge in [-0.05, 0) is 42.0 Å². The summed E-state index contributed by atoms with van der Waals surface area (Å²) in [6.07, 6.45) is 0.344. The van der Waals surface area contributed by atoms with Gasteiger partial charge in [0.2, 0.25) is 11.8 Å². The molecule has 4 N–H and O–H groups in total. The number of primary amides is 1. The number of nitrogens with two attached hydrogens (primary N) is 1. The molecule has 0 aliphatic heterocycles. The van der Waals surface area contributed by atoms with Crippen molar-refractivity contribution in [2.45, 2.75) is 6.42 Å². The topological polar surface area (TPSA) is 108 Å². The van der Waals surface area contributed by atoms with Crippen LogP contribution < -0.4 is 16.4 Å². The first kappa shape index (κ1) is 16.0. The Kier molecular flexibility index (Phi) is 5.31. The summed E-state index contributed by atoms with van der Waals surface area (Å²) >= 11 is 0. The highest BCUT2D eigenvalue weighted by molar-refractivity contribution is 5.94. The van der Waals surface area contributed by atoms with Crippen molar-refractivity contribution in [1.82, 2.24) is 0 Å². The Morgan fingerprint density at radius 3 is 2.17 bits per heavy atom. The molecule has 0 fully saturated rings. The van der Waals surface area contributed by atoms with Crippen LogP contribution in [0.4, 0.5) is 11.4 Å². The second-order valence-electron chi connectivity index (χ2n) is 4.88. The first-order chi connectivity index (χ1) is 11.1. The number of nitriles is 1. The Bertz CT molecular complexity index is 731. The highest BCUT2D eigenvalue weighted by atomic mass is 16.2. The number of anilines is 2. The van der Waals surface area contributed by atoms with Crippen LogP contribution in [0.2, 0.25) is 0 Å². The number of hydrogen-bond donors (Lipinski definition) is 3. The number of hydrogen-bond acceptors (Lipinski definition) is 4. The van der Waals surface area contributed by atoms with Gasteiger partial charge in [-0.1, -0.05) is 12.1 Å². The van der Waals surface area contributed by atoms with E-state index in [-0.39, 0.29) is 12.5 Å². The highest BCUT2D eigenvalue weighted by Gasteiger charge is 2.04. The molecule has 2 aromatic carbocycles. The van der Waals surface area contributed by atoms with E-state index in [0.717, 1.165) is 11.3 Å². The van der Waals surface area contributed by atoms with Crippen molar-refractivity contribution in [3.05, 3.63) is 59.7 Å². The van der Waals surface area contributed by atoms with Crippen LogP contribution in [-0.4, -0.2) is 18.4 Å². The molecule has 6 nitrogen and oxygen atoms in total. The molecule has 0 saturated heterocycles. The van der Waals surface area contributed by atoms with Gasteiger partial charge in [-0.3, -0.25) is 9.59 Å². The van der Waals surface area contributed by atoms with Crippen molar-refractivity contribution in [3.63, 3.8) is 0 Å². The predicted molar refractivity (Wildman–Crippen MR) is 87.8 cm³/mol. The zero-order chi connectivity index (χ0) is 16.7. The van der Waals surface area contributed by atoms with E-state index in [2.05, 4.69) is 16.7 Å². The summed E-state index contributed by atoms with van der Waals surface area (Å²) in [4.78, 5) is 22.8. The van der Waals surface area contributed by atoms with E-state index in [1.54, 1.807) is 48.5 Å². The molecule has 2 amide bonds. The molecule has 23 heavy (non-hydrogen) atoms. The third-order valence-corrected chi connectivity index (χ3v) is 3.14. The van der Waals surface area contributed by atoms with Gasteiger partial charge in [0, 0.05) is 16.9 Å².